The largest absolute Gasteiger partial charge is 0.409 e. The average molecular weight is 268 g/mol. The Labute approximate surface area is 112 Å². The van der Waals surface area contributed by atoms with Crippen LogP contribution in [0, 0.1) is 5.82 Å². The van der Waals surface area contributed by atoms with Crippen LogP contribution in [-0.2, 0) is 6.54 Å². The number of hydrogen-bond acceptors (Lipinski definition) is 4. The Balaban J connectivity index is 2.58. The molecule has 0 atom stereocenters. The lowest BCUT2D eigenvalue weighted by atomic mass is 10.1. The number of nitrogens with two attached hydrogens (primary N) is 1. The van der Waals surface area contributed by atoms with E-state index in [4.69, 9.17) is 10.9 Å². The van der Waals surface area contributed by atoms with Crippen molar-refractivity contribution in [3.63, 3.8) is 0 Å². The van der Waals surface area contributed by atoms with Gasteiger partial charge in [0.1, 0.15) is 5.82 Å². The smallest absolute Gasteiger partial charge is 0.170 e. The third-order valence-electron chi connectivity index (χ3n) is 2.73. The third kappa shape index (κ3) is 5.23. The molecule has 6 heteroatoms. The number of nitrogens with one attached hydrogen (secondary N) is 1. The molecule has 0 unspecified atom stereocenters. The van der Waals surface area contributed by atoms with E-state index in [2.05, 4.69) is 15.4 Å². The molecule has 1 rings (SSSR count). The predicted octanol–water partition coefficient (Wildman–Crippen LogP) is 0.962. The fourth-order valence-corrected chi connectivity index (χ4v) is 1.74. The van der Waals surface area contributed by atoms with Crippen LogP contribution in [0.4, 0.5) is 4.39 Å². The Bertz CT molecular complexity index is 435. The van der Waals surface area contributed by atoms with Gasteiger partial charge in [0, 0.05) is 12.1 Å². The van der Waals surface area contributed by atoms with Gasteiger partial charge >= 0.3 is 0 Å². The Morgan fingerprint density at radius 3 is 2.84 bits per heavy atom. The first kappa shape index (κ1) is 15.4. The van der Waals surface area contributed by atoms with E-state index in [1.807, 2.05) is 14.1 Å². The van der Waals surface area contributed by atoms with Crippen molar-refractivity contribution in [3.05, 3.63) is 35.1 Å². The maximum atomic E-state index is 13.2. The second-order valence-corrected chi connectivity index (χ2v) is 4.62. The van der Waals surface area contributed by atoms with E-state index in [-0.39, 0.29) is 5.84 Å². The Morgan fingerprint density at radius 2 is 2.21 bits per heavy atom. The number of nitrogens with zero attached hydrogens (tertiary/aromatic N) is 2. The number of oxime groups is 1. The third-order valence-corrected chi connectivity index (χ3v) is 2.73. The van der Waals surface area contributed by atoms with Crippen molar-refractivity contribution < 1.29 is 9.60 Å². The summed E-state index contributed by atoms with van der Waals surface area (Å²) in [6.45, 7) is 2.41. The van der Waals surface area contributed by atoms with Crippen LogP contribution in [0.3, 0.4) is 0 Å². The monoisotopic (exact) mass is 268 g/mol. The summed E-state index contributed by atoms with van der Waals surface area (Å²) in [5, 5.41) is 14.9. The van der Waals surface area contributed by atoms with E-state index >= 15 is 0 Å². The molecule has 5 nitrogen and oxygen atoms in total. The number of amidine groups is 1. The van der Waals surface area contributed by atoms with Crippen LogP contribution < -0.4 is 11.1 Å². The lowest BCUT2D eigenvalue weighted by Crippen LogP contribution is -2.23. The molecular formula is C13H21FN4O. The van der Waals surface area contributed by atoms with Crippen molar-refractivity contribution in [2.45, 2.75) is 13.0 Å². The van der Waals surface area contributed by atoms with Crippen molar-refractivity contribution in [3.8, 4) is 0 Å². The van der Waals surface area contributed by atoms with Crippen LogP contribution in [0.2, 0.25) is 0 Å². The van der Waals surface area contributed by atoms with Gasteiger partial charge in [-0.05, 0) is 51.3 Å². The van der Waals surface area contributed by atoms with Crippen LogP contribution in [0.25, 0.3) is 0 Å². The molecule has 1 aromatic carbocycles. The van der Waals surface area contributed by atoms with E-state index in [1.54, 1.807) is 6.07 Å². The van der Waals surface area contributed by atoms with Crippen LogP contribution >= 0.6 is 0 Å². The van der Waals surface area contributed by atoms with E-state index in [0.717, 1.165) is 25.1 Å². The van der Waals surface area contributed by atoms with Crippen LogP contribution in [-0.4, -0.2) is 43.1 Å². The molecule has 0 aliphatic heterocycles. The molecule has 1 aromatic rings. The summed E-state index contributed by atoms with van der Waals surface area (Å²) in [6, 6.07) is 4.28. The first-order valence-corrected chi connectivity index (χ1v) is 6.16. The summed E-state index contributed by atoms with van der Waals surface area (Å²) in [6.07, 6.45) is 1.02. The maximum Gasteiger partial charge on any atom is 0.170 e. The Morgan fingerprint density at radius 1 is 1.47 bits per heavy atom. The first-order valence-electron chi connectivity index (χ1n) is 6.16. The summed E-state index contributed by atoms with van der Waals surface area (Å²) < 4.78 is 13.2. The molecule has 0 aliphatic rings. The summed E-state index contributed by atoms with van der Waals surface area (Å²) in [4.78, 5) is 2.11. The van der Waals surface area contributed by atoms with Crippen molar-refractivity contribution >= 4 is 5.84 Å². The SMILES string of the molecule is CN(C)CCCNCc1ccc(F)cc1C(N)=NO. The minimum atomic E-state index is -0.405. The minimum Gasteiger partial charge on any atom is -0.409 e. The maximum absolute atomic E-state index is 13.2. The van der Waals surface area contributed by atoms with Gasteiger partial charge in [-0.25, -0.2) is 4.39 Å². The van der Waals surface area contributed by atoms with Gasteiger partial charge in [-0.2, -0.15) is 0 Å². The molecule has 0 saturated heterocycles. The number of halogens is 1. The highest BCUT2D eigenvalue weighted by molar-refractivity contribution is 5.98. The molecule has 106 valence electrons. The molecule has 0 fully saturated rings. The van der Waals surface area contributed by atoms with Gasteiger partial charge in [0.15, 0.2) is 5.84 Å². The van der Waals surface area contributed by atoms with E-state index in [0.29, 0.717) is 12.1 Å². The summed E-state index contributed by atoms with van der Waals surface area (Å²) in [7, 11) is 4.05. The van der Waals surface area contributed by atoms with Crippen LogP contribution in [0.15, 0.2) is 23.4 Å². The van der Waals surface area contributed by atoms with Crippen molar-refractivity contribution in [2.75, 3.05) is 27.2 Å². The quantitative estimate of drug-likeness (QED) is 0.226. The zero-order valence-corrected chi connectivity index (χ0v) is 11.4. The van der Waals surface area contributed by atoms with Crippen molar-refractivity contribution in [2.24, 2.45) is 10.9 Å². The van der Waals surface area contributed by atoms with Crippen LogP contribution in [0.5, 0.6) is 0 Å². The molecule has 0 aliphatic carbocycles. The molecule has 19 heavy (non-hydrogen) atoms. The Kier molecular flexibility index (Phi) is 6.24. The second kappa shape index (κ2) is 7.70. The van der Waals surface area contributed by atoms with Gasteiger partial charge in [0.05, 0.1) is 0 Å². The van der Waals surface area contributed by atoms with Crippen LogP contribution in [0.1, 0.15) is 17.5 Å². The standard InChI is InChI=1S/C13H21FN4O/c1-18(2)7-3-6-16-9-10-4-5-11(14)8-12(10)13(15)17-19/h4-5,8,16,19H,3,6-7,9H2,1-2H3,(H2,15,17). The summed E-state index contributed by atoms with van der Waals surface area (Å²) in [5.41, 5.74) is 6.76. The summed E-state index contributed by atoms with van der Waals surface area (Å²) >= 11 is 0. The van der Waals surface area contributed by atoms with E-state index in [9.17, 15) is 4.39 Å². The average Bonchev–Trinajstić information content (AvgIpc) is 2.38. The normalized spacial score (nSPS) is 12.1. The van der Waals surface area contributed by atoms with Crippen molar-refractivity contribution in [1.29, 1.82) is 0 Å². The van der Waals surface area contributed by atoms with Gasteiger partial charge in [0.25, 0.3) is 0 Å². The fraction of sp³-hybridized carbons (Fsp3) is 0.462. The van der Waals surface area contributed by atoms with Crippen molar-refractivity contribution in [1.82, 2.24) is 10.2 Å². The zero-order chi connectivity index (χ0) is 14.3. The number of rotatable bonds is 7. The Hall–Kier alpha value is -1.66. The molecule has 0 bridgehead atoms. The predicted molar refractivity (Wildman–Crippen MR) is 73.8 cm³/mol. The van der Waals surface area contributed by atoms with Gasteiger partial charge in [-0.1, -0.05) is 11.2 Å². The summed E-state index contributed by atoms with van der Waals surface area (Å²) in [5.74, 6) is -0.484. The molecule has 0 radical (unpaired) electrons. The second-order valence-electron chi connectivity index (χ2n) is 4.62. The molecule has 4 N–H and O–H groups in total. The van der Waals surface area contributed by atoms with E-state index in [1.165, 1.54) is 12.1 Å². The highest BCUT2D eigenvalue weighted by Gasteiger charge is 2.08. The van der Waals surface area contributed by atoms with Gasteiger partial charge < -0.3 is 21.2 Å². The number of benzene rings is 1. The van der Waals surface area contributed by atoms with Gasteiger partial charge in [-0.15, -0.1) is 0 Å². The highest BCUT2D eigenvalue weighted by Crippen LogP contribution is 2.11. The van der Waals surface area contributed by atoms with Gasteiger partial charge in [0.2, 0.25) is 0 Å². The fourth-order valence-electron chi connectivity index (χ4n) is 1.74. The first-order chi connectivity index (χ1) is 9.04. The molecule has 0 heterocycles. The molecular weight excluding hydrogens is 247 g/mol. The molecule has 0 spiro atoms. The minimum absolute atomic E-state index is 0.0791. The lowest BCUT2D eigenvalue weighted by Gasteiger charge is -2.12. The highest BCUT2D eigenvalue weighted by atomic mass is 19.1. The van der Waals surface area contributed by atoms with E-state index < -0.39 is 5.82 Å². The molecule has 0 amide bonds. The zero-order valence-electron chi connectivity index (χ0n) is 11.4. The number of hydrogen-bond donors (Lipinski definition) is 3. The topological polar surface area (TPSA) is 73.9 Å². The molecule has 0 aromatic heterocycles. The van der Waals surface area contributed by atoms with Gasteiger partial charge in [-0.3, -0.25) is 0 Å². The molecule has 0 saturated carbocycles. The lowest BCUT2D eigenvalue weighted by molar-refractivity contribution is 0.318.